The van der Waals surface area contributed by atoms with E-state index < -0.39 is 0 Å². The summed E-state index contributed by atoms with van der Waals surface area (Å²) >= 11 is 0. The molecule has 0 saturated heterocycles. The van der Waals surface area contributed by atoms with E-state index >= 15 is 0 Å². The fourth-order valence-electron chi connectivity index (χ4n) is 0.0833. The molecule has 0 heterocycles. The molecule has 0 bridgehead atoms. The summed E-state index contributed by atoms with van der Waals surface area (Å²) in [7, 11) is 3.14. The molecule has 0 saturated carbocycles. The number of halogens is 1. The van der Waals surface area contributed by atoms with Crippen molar-refractivity contribution in [2.24, 2.45) is 0 Å². The van der Waals surface area contributed by atoms with Gasteiger partial charge in [0.1, 0.15) is 0 Å². The smallest absolute Gasteiger partial charge is 0.524 e. The minimum Gasteiger partial charge on any atom is -0.524 e. The molecule has 54 valence electrons. The Hall–Kier alpha value is 1.38. The molecule has 0 aliphatic heterocycles. The first-order valence-electron chi connectivity index (χ1n) is 1.72. The maximum absolute atomic E-state index is 4.59. The Kier molecular flexibility index (Phi) is 40.3. The molecule has 0 aromatic carbocycles. The van der Waals surface area contributed by atoms with Crippen molar-refractivity contribution in [1.29, 1.82) is 0 Å². The van der Waals surface area contributed by atoms with Crippen molar-refractivity contribution in [3.63, 3.8) is 0 Å². The molecule has 0 aromatic rings. The third-order valence-electron chi connectivity index (χ3n) is 0.575. The van der Waals surface area contributed by atoms with Gasteiger partial charge in [-0.15, -0.1) is 23.9 Å². The van der Waals surface area contributed by atoms with E-state index in [2.05, 4.69) is 9.47 Å². The Morgan fingerprint density at radius 3 is 1.33 bits per heavy atom. The number of hydrogen-bond acceptors (Lipinski definition) is 2. The zero-order valence-corrected chi connectivity index (χ0v) is 11.6. The van der Waals surface area contributed by atoms with E-state index in [1.54, 1.807) is 21.1 Å². The Labute approximate surface area is 87.6 Å². The zero-order valence-electron chi connectivity index (χ0n) is 6.43. The molecule has 0 fully saturated rings. The van der Waals surface area contributed by atoms with Crippen LogP contribution in [0.2, 0.25) is 0 Å². The number of rotatable bonds is 2. The fourth-order valence-corrected chi connectivity index (χ4v) is 0.0833. The Morgan fingerprint density at radius 2 is 1.33 bits per heavy atom. The van der Waals surface area contributed by atoms with Gasteiger partial charge in [-0.2, -0.15) is 0 Å². The van der Waals surface area contributed by atoms with Crippen LogP contribution in [0.5, 0.6) is 0 Å². The molecule has 0 unspecified atom stereocenters. The second kappa shape index (κ2) is 16.2. The van der Waals surface area contributed by atoms with E-state index in [-0.39, 0.29) is 51.0 Å². The van der Waals surface area contributed by atoms with Crippen LogP contribution in [0.4, 0.5) is 0 Å². The summed E-state index contributed by atoms with van der Waals surface area (Å²) in [4.78, 5) is 0. The van der Waals surface area contributed by atoms with Crippen LogP contribution in [0.15, 0.2) is 0 Å². The summed E-state index contributed by atoms with van der Waals surface area (Å²) in [6.45, 7) is 1.75. The van der Waals surface area contributed by atoms with E-state index in [1.807, 2.05) is 0 Å². The maximum Gasteiger partial charge on any atom is 2.00 e. The van der Waals surface area contributed by atoms with Crippen molar-refractivity contribution in [3.05, 3.63) is 6.29 Å². The molecule has 2 nitrogen and oxygen atoms in total. The van der Waals surface area contributed by atoms with Crippen molar-refractivity contribution >= 4 is 51.0 Å². The largest absolute Gasteiger partial charge is 2.00 e. The number of methoxy groups -OCH3 is 2. The maximum atomic E-state index is 4.59. The molecule has 0 aliphatic rings. The van der Waals surface area contributed by atoms with Gasteiger partial charge in [0.2, 0.25) is 0 Å². The van der Waals surface area contributed by atoms with Crippen LogP contribution in [0.25, 0.3) is 0 Å². The molecule has 0 atom stereocenters. The standard InChI is InChI=1S/C4H9O2.BrH.Mg.H3Si/c1-4(5-2)6-3;;;/h1-3H3;1H;;1H3/q-1;;+2;-1. The van der Waals surface area contributed by atoms with Crippen molar-refractivity contribution in [2.45, 2.75) is 6.92 Å². The molecular weight excluding hydrogens is 212 g/mol. The van der Waals surface area contributed by atoms with Crippen LogP contribution in [0.1, 0.15) is 6.92 Å². The van der Waals surface area contributed by atoms with Crippen molar-refractivity contribution < 1.29 is 9.47 Å². The van der Waals surface area contributed by atoms with Gasteiger partial charge in [0.05, 0.1) is 0 Å². The minimum atomic E-state index is 0. The normalized spacial score (nSPS) is 6.67. The molecule has 0 rings (SSSR count). The van der Waals surface area contributed by atoms with E-state index in [0.717, 1.165) is 0 Å². The molecule has 0 N–H and O–H groups in total. The first-order chi connectivity index (χ1) is 2.81. The van der Waals surface area contributed by atoms with Gasteiger partial charge < -0.3 is 20.4 Å². The molecular formula is C4H13BrMgO2Si. The number of hydrogen-bond donors (Lipinski definition) is 0. The van der Waals surface area contributed by atoms with Crippen molar-refractivity contribution in [2.75, 3.05) is 14.2 Å². The average Bonchev–Trinajstić information content (AvgIpc) is 1.65. The third kappa shape index (κ3) is 17.7. The molecule has 9 heavy (non-hydrogen) atoms. The van der Waals surface area contributed by atoms with Crippen LogP contribution in [-0.4, -0.2) is 48.2 Å². The summed E-state index contributed by atoms with van der Waals surface area (Å²) in [5.41, 5.74) is 0. The van der Waals surface area contributed by atoms with E-state index in [0.29, 0.717) is 6.29 Å². The SMILES string of the molecule is Br.CO[C-](C)OC.[Mg+2].[SiH3-]. The van der Waals surface area contributed by atoms with Gasteiger partial charge in [-0.1, -0.05) is 6.29 Å². The van der Waals surface area contributed by atoms with Gasteiger partial charge in [-0.3, -0.25) is 0 Å². The first kappa shape index (κ1) is 22.4. The summed E-state index contributed by atoms with van der Waals surface area (Å²) < 4.78 is 9.19. The summed E-state index contributed by atoms with van der Waals surface area (Å²) in [5, 5.41) is 0. The van der Waals surface area contributed by atoms with Crippen LogP contribution >= 0.6 is 17.0 Å². The van der Waals surface area contributed by atoms with Crippen LogP contribution in [0.3, 0.4) is 0 Å². The van der Waals surface area contributed by atoms with Crippen LogP contribution in [-0.2, 0) is 9.47 Å². The quantitative estimate of drug-likeness (QED) is 0.479. The van der Waals surface area contributed by atoms with Crippen molar-refractivity contribution in [1.82, 2.24) is 0 Å². The van der Waals surface area contributed by atoms with Crippen LogP contribution < -0.4 is 0 Å². The van der Waals surface area contributed by atoms with E-state index in [9.17, 15) is 0 Å². The van der Waals surface area contributed by atoms with E-state index in [1.165, 1.54) is 0 Å². The van der Waals surface area contributed by atoms with Gasteiger partial charge in [-0.25, -0.2) is 0 Å². The summed E-state index contributed by atoms with van der Waals surface area (Å²) in [6, 6.07) is 0. The van der Waals surface area contributed by atoms with Gasteiger partial charge in [-0.05, 0) is 0 Å². The fraction of sp³-hybridized carbons (Fsp3) is 0.750. The second-order valence-corrected chi connectivity index (χ2v) is 0.900. The van der Waals surface area contributed by atoms with E-state index in [4.69, 9.17) is 0 Å². The first-order valence-corrected chi connectivity index (χ1v) is 1.72. The molecule has 0 amide bonds. The van der Waals surface area contributed by atoms with Gasteiger partial charge in [0, 0.05) is 14.2 Å². The molecule has 5 heteroatoms. The second-order valence-electron chi connectivity index (χ2n) is 0.900. The molecule has 0 aromatic heterocycles. The predicted molar refractivity (Wildman–Crippen MR) is 49.0 cm³/mol. The summed E-state index contributed by atoms with van der Waals surface area (Å²) in [6.07, 6.45) is 0.593. The Bertz CT molecular complexity index is 37.7. The topological polar surface area (TPSA) is 18.5 Å². The Balaban J connectivity index is -0.0000000417. The van der Waals surface area contributed by atoms with Gasteiger partial charge in [0.15, 0.2) is 0 Å². The van der Waals surface area contributed by atoms with Crippen LogP contribution in [0, 0.1) is 6.29 Å². The predicted octanol–water partition coefficient (Wildman–Crippen LogP) is -0.198. The zero-order chi connectivity index (χ0) is 4.99. The van der Waals surface area contributed by atoms with Crippen molar-refractivity contribution in [3.8, 4) is 0 Å². The molecule has 0 aliphatic carbocycles. The number of ether oxygens (including phenoxy) is 2. The summed E-state index contributed by atoms with van der Waals surface area (Å²) in [5.74, 6) is 0. The monoisotopic (exact) mass is 224 g/mol. The minimum absolute atomic E-state index is 0. The van der Waals surface area contributed by atoms with Gasteiger partial charge >= 0.3 is 23.1 Å². The Morgan fingerprint density at radius 1 is 1.11 bits per heavy atom. The third-order valence-corrected chi connectivity index (χ3v) is 0.575. The molecule has 0 spiro atoms. The average molecular weight is 225 g/mol. The van der Waals surface area contributed by atoms with Gasteiger partial charge in [0.25, 0.3) is 0 Å². The molecule has 0 radical (unpaired) electrons.